The summed E-state index contributed by atoms with van der Waals surface area (Å²) in [7, 11) is -2.34. The molecule has 1 atom stereocenters. The minimum absolute atomic E-state index is 0.195. The number of aliphatic hydroxyl groups is 1. The van der Waals surface area contributed by atoms with Gasteiger partial charge in [0.1, 0.15) is 5.60 Å². The fourth-order valence-electron chi connectivity index (χ4n) is 2.77. The van der Waals surface area contributed by atoms with Crippen LogP contribution in [0.4, 0.5) is 0 Å². The Morgan fingerprint density at radius 2 is 1.74 bits per heavy atom. The number of sulfone groups is 1. The molecule has 1 aliphatic rings. The number of rotatable bonds is 4. The third kappa shape index (κ3) is 2.83. The van der Waals surface area contributed by atoms with Crippen LogP contribution in [-0.2, 0) is 14.6 Å². The van der Waals surface area contributed by atoms with Gasteiger partial charge in [0.2, 0.25) is 9.84 Å². The molecular formula is C14H20O4S. The van der Waals surface area contributed by atoms with Crippen LogP contribution in [0.3, 0.4) is 0 Å². The van der Waals surface area contributed by atoms with E-state index >= 15 is 0 Å². The minimum Gasteiger partial charge on any atom is -0.386 e. The molecule has 1 saturated carbocycles. The molecule has 2 rings (SSSR count). The van der Waals surface area contributed by atoms with Crippen molar-refractivity contribution in [1.82, 2.24) is 0 Å². The normalized spacial score (nSPS) is 20.9. The van der Waals surface area contributed by atoms with Crippen molar-refractivity contribution < 1.29 is 18.3 Å². The summed E-state index contributed by atoms with van der Waals surface area (Å²) in [6, 6.07) is 8.17. The van der Waals surface area contributed by atoms with Crippen molar-refractivity contribution in [3.05, 3.63) is 30.3 Å². The molecule has 1 unspecified atom stereocenters. The first-order chi connectivity index (χ1) is 9.00. The summed E-state index contributed by atoms with van der Waals surface area (Å²) in [5.41, 5.74) is -2.47. The van der Waals surface area contributed by atoms with Gasteiger partial charge in [-0.1, -0.05) is 37.5 Å². The topological polar surface area (TPSA) is 63.6 Å². The Bertz CT molecular complexity index is 504. The quantitative estimate of drug-likeness (QED) is 0.920. The van der Waals surface area contributed by atoms with Crippen LogP contribution in [-0.4, -0.2) is 31.7 Å². The molecule has 0 spiro atoms. The van der Waals surface area contributed by atoms with Crippen LogP contribution in [0.1, 0.15) is 32.1 Å². The summed E-state index contributed by atoms with van der Waals surface area (Å²) in [4.78, 5) is 0.195. The van der Waals surface area contributed by atoms with Gasteiger partial charge < -0.3 is 9.84 Å². The predicted molar refractivity (Wildman–Crippen MR) is 72.5 cm³/mol. The van der Waals surface area contributed by atoms with E-state index in [9.17, 15) is 13.5 Å². The first-order valence-electron chi connectivity index (χ1n) is 6.55. The SMILES string of the molecule is COC(C1(O)CCCCC1)S(=O)(=O)c1ccccc1. The molecule has 0 saturated heterocycles. The summed E-state index contributed by atoms with van der Waals surface area (Å²) in [6.07, 6.45) is 3.64. The number of hydrogen-bond acceptors (Lipinski definition) is 4. The van der Waals surface area contributed by atoms with E-state index in [0.717, 1.165) is 19.3 Å². The van der Waals surface area contributed by atoms with Crippen LogP contribution in [0.5, 0.6) is 0 Å². The van der Waals surface area contributed by atoms with E-state index in [-0.39, 0.29) is 4.90 Å². The summed E-state index contributed by atoms with van der Waals surface area (Å²) < 4.78 is 30.3. The highest BCUT2D eigenvalue weighted by Gasteiger charge is 2.46. The summed E-state index contributed by atoms with van der Waals surface area (Å²) >= 11 is 0. The Morgan fingerprint density at radius 3 is 2.26 bits per heavy atom. The maximum atomic E-state index is 12.6. The van der Waals surface area contributed by atoms with Gasteiger partial charge in [0, 0.05) is 7.11 Å². The van der Waals surface area contributed by atoms with Crippen LogP contribution in [0.25, 0.3) is 0 Å². The molecule has 0 bridgehead atoms. The summed E-state index contributed by atoms with van der Waals surface area (Å²) in [6.45, 7) is 0. The van der Waals surface area contributed by atoms with Crippen molar-refractivity contribution in [3.63, 3.8) is 0 Å². The lowest BCUT2D eigenvalue weighted by Gasteiger charge is -2.37. The number of methoxy groups -OCH3 is 1. The maximum Gasteiger partial charge on any atom is 0.208 e. The monoisotopic (exact) mass is 284 g/mol. The van der Waals surface area contributed by atoms with Crippen LogP contribution in [0.15, 0.2) is 35.2 Å². The average Bonchev–Trinajstić information content (AvgIpc) is 2.40. The van der Waals surface area contributed by atoms with Crippen molar-refractivity contribution in [2.75, 3.05) is 7.11 Å². The fourth-order valence-corrected chi connectivity index (χ4v) is 4.62. The van der Waals surface area contributed by atoms with E-state index in [1.807, 2.05) is 0 Å². The van der Waals surface area contributed by atoms with E-state index in [4.69, 9.17) is 4.74 Å². The lowest BCUT2D eigenvalue weighted by atomic mass is 9.85. The minimum atomic E-state index is -3.68. The number of ether oxygens (including phenoxy) is 1. The maximum absolute atomic E-state index is 12.6. The Labute approximate surface area is 114 Å². The number of benzene rings is 1. The third-order valence-corrected chi connectivity index (χ3v) is 5.85. The van der Waals surface area contributed by atoms with Crippen molar-refractivity contribution in [1.29, 1.82) is 0 Å². The van der Waals surface area contributed by atoms with Gasteiger partial charge in [-0.15, -0.1) is 0 Å². The highest BCUT2D eigenvalue weighted by atomic mass is 32.2. The molecule has 1 aliphatic carbocycles. The lowest BCUT2D eigenvalue weighted by molar-refractivity contribution is -0.0766. The van der Waals surface area contributed by atoms with E-state index in [2.05, 4.69) is 0 Å². The van der Waals surface area contributed by atoms with Crippen molar-refractivity contribution in [3.8, 4) is 0 Å². The molecule has 1 N–H and O–H groups in total. The zero-order chi connectivity index (χ0) is 13.9. The molecule has 106 valence electrons. The van der Waals surface area contributed by atoms with Crippen molar-refractivity contribution in [2.24, 2.45) is 0 Å². The molecule has 19 heavy (non-hydrogen) atoms. The largest absolute Gasteiger partial charge is 0.386 e. The fraction of sp³-hybridized carbons (Fsp3) is 0.571. The Balaban J connectivity index is 2.36. The van der Waals surface area contributed by atoms with Gasteiger partial charge in [-0.25, -0.2) is 8.42 Å². The van der Waals surface area contributed by atoms with Gasteiger partial charge in [-0.05, 0) is 25.0 Å². The molecule has 1 aromatic carbocycles. The zero-order valence-electron chi connectivity index (χ0n) is 11.1. The van der Waals surface area contributed by atoms with Gasteiger partial charge in [-0.2, -0.15) is 0 Å². The van der Waals surface area contributed by atoms with E-state index in [0.29, 0.717) is 12.8 Å². The summed E-state index contributed by atoms with van der Waals surface area (Å²) in [5, 5.41) is 10.6. The predicted octanol–water partition coefficient (Wildman–Crippen LogP) is 2.13. The second-order valence-corrected chi connectivity index (χ2v) is 7.08. The smallest absolute Gasteiger partial charge is 0.208 e. The molecule has 0 heterocycles. The molecule has 5 heteroatoms. The van der Waals surface area contributed by atoms with Crippen molar-refractivity contribution >= 4 is 9.84 Å². The summed E-state index contributed by atoms with van der Waals surface area (Å²) in [5.74, 6) is 0. The lowest BCUT2D eigenvalue weighted by Crippen LogP contribution is -2.49. The Morgan fingerprint density at radius 1 is 1.16 bits per heavy atom. The zero-order valence-corrected chi connectivity index (χ0v) is 11.9. The Hall–Kier alpha value is -0.910. The standard InChI is InChI=1S/C14H20O4S/c1-18-13(14(15)10-6-3-7-11-14)19(16,17)12-8-4-2-5-9-12/h2,4-5,8-9,13,15H,3,6-7,10-11H2,1H3. The van der Waals surface area contributed by atoms with E-state index in [1.165, 1.54) is 19.2 Å². The first kappa shape index (κ1) is 14.5. The van der Waals surface area contributed by atoms with Crippen molar-refractivity contribution in [2.45, 2.75) is 48.0 Å². The van der Waals surface area contributed by atoms with Gasteiger partial charge in [0.05, 0.1) is 4.90 Å². The average molecular weight is 284 g/mol. The molecule has 1 fully saturated rings. The van der Waals surface area contributed by atoms with E-state index < -0.39 is 20.9 Å². The van der Waals surface area contributed by atoms with Crippen LogP contribution in [0.2, 0.25) is 0 Å². The molecular weight excluding hydrogens is 264 g/mol. The second kappa shape index (κ2) is 5.61. The molecule has 0 amide bonds. The van der Waals surface area contributed by atoms with Crippen LogP contribution in [0, 0.1) is 0 Å². The Kier molecular flexibility index (Phi) is 4.28. The third-order valence-electron chi connectivity index (χ3n) is 3.73. The second-order valence-electron chi connectivity index (χ2n) is 5.09. The molecule has 0 aromatic heterocycles. The van der Waals surface area contributed by atoms with Gasteiger partial charge >= 0.3 is 0 Å². The molecule has 0 aliphatic heterocycles. The first-order valence-corrected chi connectivity index (χ1v) is 8.09. The highest BCUT2D eigenvalue weighted by Crippen LogP contribution is 2.36. The van der Waals surface area contributed by atoms with Gasteiger partial charge in [-0.3, -0.25) is 0 Å². The molecule has 1 aromatic rings. The van der Waals surface area contributed by atoms with Gasteiger partial charge in [0.25, 0.3) is 0 Å². The number of hydrogen-bond donors (Lipinski definition) is 1. The van der Waals surface area contributed by atoms with Crippen LogP contribution < -0.4 is 0 Å². The van der Waals surface area contributed by atoms with Gasteiger partial charge in [0.15, 0.2) is 5.44 Å². The van der Waals surface area contributed by atoms with E-state index in [1.54, 1.807) is 18.2 Å². The van der Waals surface area contributed by atoms with Crippen LogP contribution >= 0.6 is 0 Å². The molecule has 4 nitrogen and oxygen atoms in total. The molecule has 0 radical (unpaired) electrons. The highest BCUT2D eigenvalue weighted by molar-refractivity contribution is 7.92.